The maximum Gasteiger partial charge on any atom is 0.315 e. The number of urea groups is 1. The number of carbonyl (C=O) groups is 1. The van der Waals surface area contributed by atoms with Crippen molar-refractivity contribution in [3.8, 4) is 0 Å². The van der Waals surface area contributed by atoms with E-state index in [9.17, 15) is 18.7 Å². The van der Waals surface area contributed by atoms with Crippen LogP contribution in [0, 0.1) is 11.6 Å². The Morgan fingerprint density at radius 1 is 1.25 bits per heavy atom. The second-order valence-electron chi connectivity index (χ2n) is 5.20. The number of hydrogen-bond donors (Lipinski definition) is 3. The molecule has 3 N–H and O–H groups in total. The number of nitrogens with one attached hydrogen (secondary N) is 2. The summed E-state index contributed by atoms with van der Waals surface area (Å²) in [6.07, 6.45) is 3.25. The normalized spacial score (nSPS) is 16.9. The highest BCUT2D eigenvalue weighted by molar-refractivity contribution is 5.73. The average Bonchev–Trinajstić information content (AvgIpc) is 2.85. The number of aliphatic hydroxyl groups is 1. The van der Waals surface area contributed by atoms with Crippen LogP contribution in [0.1, 0.15) is 31.2 Å². The van der Waals surface area contributed by atoms with Crippen LogP contribution in [0.15, 0.2) is 18.2 Å². The molecule has 1 aromatic carbocycles. The van der Waals surface area contributed by atoms with Crippen molar-refractivity contribution in [1.29, 1.82) is 0 Å². The smallest absolute Gasteiger partial charge is 0.315 e. The molecule has 2 amide bonds. The van der Waals surface area contributed by atoms with Gasteiger partial charge in [0.2, 0.25) is 0 Å². The third-order valence-corrected chi connectivity index (χ3v) is 3.56. The van der Waals surface area contributed by atoms with E-state index in [2.05, 4.69) is 10.6 Å². The highest BCUT2D eigenvalue weighted by Gasteiger charge is 2.31. The molecule has 0 heterocycles. The first kappa shape index (κ1) is 14.7. The molecule has 1 aliphatic carbocycles. The summed E-state index contributed by atoms with van der Waals surface area (Å²) in [5.41, 5.74) is -0.749. The summed E-state index contributed by atoms with van der Waals surface area (Å²) in [4.78, 5) is 11.6. The van der Waals surface area contributed by atoms with Gasteiger partial charge in [0.25, 0.3) is 0 Å². The second-order valence-corrected chi connectivity index (χ2v) is 5.20. The monoisotopic (exact) mass is 284 g/mol. The molecule has 1 aliphatic rings. The van der Waals surface area contributed by atoms with E-state index in [1.165, 1.54) is 0 Å². The maximum absolute atomic E-state index is 13.3. The number of rotatable bonds is 4. The zero-order chi connectivity index (χ0) is 14.6. The lowest BCUT2D eigenvalue weighted by atomic mass is 10.0. The number of hydrogen-bond acceptors (Lipinski definition) is 2. The van der Waals surface area contributed by atoms with E-state index in [0.29, 0.717) is 12.8 Å². The summed E-state index contributed by atoms with van der Waals surface area (Å²) in [5.74, 6) is -1.12. The van der Waals surface area contributed by atoms with Gasteiger partial charge in [-0.25, -0.2) is 13.6 Å². The molecular weight excluding hydrogens is 266 g/mol. The summed E-state index contributed by atoms with van der Waals surface area (Å²) in [6.45, 7) is 0.0678. The Morgan fingerprint density at radius 2 is 1.95 bits per heavy atom. The van der Waals surface area contributed by atoms with Crippen LogP contribution in [-0.4, -0.2) is 23.3 Å². The first-order valence-corrected chi connectivity index (χ1v) is 6.67. The fourth-order valence-electron chi connectivity index (χ4n) is 2.37. The maximum atomic E-state index is 13.3. The highest BCUT2D eigenvalue weighted by Crippen LogP contribution is 2.28. The lowest BCUT2D eigenvalue weighted by molar-refractivity contribution is 0.0501. The Kier molecular flexibility index (Phi) is 4.54. The average molecular weight is 284 g/mol. The van der Waals surface area contributed by atoms with Gasteiger partial charge in [0.1, 0.15) is 11.6 Å². The van der Waals surface area contributed by atoms with E-state index in [-0.39, 0.29) is 18.7 Å². The molecule has 0 aromatic heterocycles. The first-order valence-electron chi connectivity index (χ1n) is 6.67. The van der Waals surface area contributed by atoms with Crippen molar-refractivity contribution in [1.82, 2.24) is 10.6 Å². The van der Waals surface area contributed by atoms with Crippen molar-refractivity contribution in [2.45, 2.75) is 37.8 Å². The summed E-state index contributed by atoms with van der Waals surface area (Å²) in [5, 5.41) is 15.0. The van der Waals surface area contributed by atoms with Crippen LogP contribution in [-0.2, 0) is 6.54 Å². The third kappa shape index (κ3) is 3.90. The van der Waals surface area contributed by atoms with Crippen molar-refractivity contribution in [3.63, 3.8) is 0 Å². The molecule has 0 unspecified atom stereocenters. The number of amides is 2. The molecule has 6 heteroatoms. The summed E-state index contributed by atoms with van der Waals surface area (Å²) in [6, 6.07) is 2.58. The predicted molar refractivity (Wildman–Crippen MR) is 70.0 cm³/mol. The van der Waals surface area contributed by atoms with Crippen LogP contribution in [0.5, 0.6) is 0 Å². The molecule has 0 atom stereocenters. The van der Waals surface area contributed by atoms with Gasteiger partial charge in [0, 0.05) is 18.7 Å². The van der Waals surface area contributed by atoms with Crippen LogP contribution in [0.3, 0.4) is 0 Å². The molecule has 0 saturated heterocycles. The van der Waals surface area contributed by atoms with Gasteiger partial charge in [-0.1, -0.05) is 12.8 Å². The minimum absolute atomic E-state index is 0.0831. The molecule has 0 bridgehead atoms. The Balaban J connectivity index is 1.79. The Labute approximate surface area is 116 Å². The van der Waals surface area contributed by atoms with Gasteiger partial charge in [0.05, 0.1) is 5.60 Å². The van der Waals surface area contributed by atoms with Gasteiger partial charge in [-0.3, -0.25) is 0 Å². The molecule has 2 rings (SSSR count). The predicted octanol–water partition coefficient (Wildman–Crippen LogP) is 2.07. The molecule has 4 nitrogen and oxygen atoms in total. The third-order valence-electron chi connectivity index (χ3n) is 3.56. The Hall–Kier alpha value is -1.69. The van der Waals surface area contributed by atoms with Gasteiger partial charge in [-0.05, 0) is 31.0 Å². The molecule has 0 radical (unpaired) electrons. The lowest BCUT2D eigenvalue weighted by Crippen LogP contribution is -2.44. The van der Waals surface area contributed by atoms with Gasteiger partial charge < -0.3 is 15.7 Å². The van der Waals surface area contributed by atoms with E-state index in [1.807, 2.05) is 0 Å². The largest absolute Gasteiger partial charge is 0.388 e. The molecule has 20 heavy (non-hydrogen) atoms. The molecular formula is C14H18F2N2O2. The molecule has 0 spiro atoms. The van der Waals surface area contributed by atoms with Crippen molar-refractivity contribution in [2.24, 2.45) is 0 Å². The Morgan fingerprint density at radius 3 is 2.65 bits per heavy atom. The van der Waals surface area contributed by atoms with E-state index >= 15 is 0 Å². The van der Waals surface area contributed by atoms with Gasteiger partial charge in [-0.15, -0.1) is 0 Å². The van der Waals surface area contributed by atoms with Crippen LogP contribution < -0.4 is 10.6 Å². The molecule has 1 aromatic rings. The number of halogens is 2. The fourth-order valence-corrected chi connectivity index (χ4v) is 2.37. The highest BCUT2D eigenvalue weighted by atomic mass is 19.1. The quantitative estimate of drug-likeness (QED) is 0.792. The van der Waals surface area contributed by atoms with E-state index in [0.717, 1.165) is 31.0 Å². The van der Waals surface area contributed by atoms with E-state index in [1.54, 1.807) is 0 Å². The zero-order valence-electron chi connectivity index (χ0n) is 11.1. The van der Waals surface area contributed by atoms with E-state index in [4.69, 9.17) is 0 Å². The zero-order valence-corrected chi connectivity index (χ0v) is 11.1. The first-order chi connectivity index (χ1) is 9.48. The molecule has 1 saturated carbocycles. The SMILES string of the molecule is O=C(NCc1cc(F)ccc1F)NCC1(O)CCCC1. The van der Waals surface area contributed by atoms with Crippen LogP contribution in [0.25, 0.3) is 0 Å². The number of carbonyl (C=O) groups excluding carboxylic acids is 1. The molecule has 0 aliphatic heterocycles. The molecule has 1 fully saturated rings. The summed E-state index contributed by atoms with van der Waals surface area (Å²) in [7, 11) is 0. The van der Waals surface area contributed by atoms with Gasteiger partial charge in [-0.2, -0.15) is 0 Å². The lowest BCUT2D eigenvalue weighted by Gasteiger charge is -2.22. The van der Waals surface area contributed by atoms with Crippen LogP contribution in [0.4, 0.5) is 13.6 Å². The van der Waals surface area contributed by atoms with Crippen LogP contribution >= 0.6 is 0 Å². The molecule has 110 valence electrons. The number of benzene rings is 1. The topological polar surface area (TPSA) is 61.4 Å². The van der Waals surface area contributed by atoms with Gasteiger partial charge >= 0.3 is 6.03 Å². The van der Waals surface area contributed by atoms with Crippen LogP contribution in [0.2, 0.25) is 0 Å². The minimum Gasteiger partial charge on any atom is -0.388 e. The van der Waals surface area contributed by atoms with Crippen molar-refractivity contribution in [2.75, 3.05) is 6.54 Å². The summed E-state index contributed by atoms with van der Waals surface area (Å²) >= 11 is 0. The van der Waals surface area contributed by atoms with Crippen molar-refractivity contribution in [3.05, 3.63) is 35.4 Å². The minimum atomic E-state index is -0.832. The van der Waals surface area contributed by atoms with Gasteiger partial charge in [0.15, 0.2) is 0 Å². The Bertz CT molecular complexity index is 488. The van der Waals surface area contributed by atoms with Crippen molar-refractivity contribution >= 4 is 6.03 Å². The summed E-state index contributed by atoms with van der Waals surface area (Å²) < 4.78 is 26.3. The fraction of sp³-hybridized carbons (Fsp3) is 0.500. The standard InChI is InChI=1S/C14H18F2N2O2/c15-11-3-4-12(16)10(7-11)8-17-13(19)18-9-14(20)5-1-2-6-14/h3-4,7,20H,1-2,5-6,8-9H2,(H2,17,18,19). The van der Waals surface area contributed by atoms with E-state index < -0.39 is 23.3 Å². The second kappa shape index (κ2) is 6.17. The van der Waals surface area contributed by atoms with Crippen molar-refractivity contribution < 1.29 is 18.7 Å².